The van der Waals surface area contributed by atoms with Gasteiger partial charge in [-0.15, -0.1) is 0 Å². The fourth-order valence-corrected chi connectivity index (χ4v) is 5.74. The normalized spacial score (nSPS) is 11.5. The van der Waals surface area contributed by atoms with Gasteiger partial charge in [0.25, 0.3) is 0 Å². The summed E-state index contributed by atoms with van der Waals surface area (Å²) in [5.41, 5.74) is 9.77. The van der Waals surface area contributed by atoms with Crippen molar-refractivity contribution in [3.05, 3.63) is 133 Å². The average Bonchev–Trinajstić information content (AvgIpc) is 3.56. The molecule has 0 fully saturated rings. The van der Waals surface area contributed by atoms with Crippen molar-refractivity contribution in [2.75, 3.05) is 0 Å². The number of hydrogen-bond acceptors (Lipinski definition) is 3. The van der Waals surface area contributed by atoms with Crippen LogP contribution in [0.3, 0.4) is 0 Å². The van der Waals surface area contributed by atoms with Gasteiger partial charge in [-0.3, -0.25) is 4.40 Å². The summed E-state index contributed by atoms with van der Waals surface area (Å²) in [7, 11) is 0. The Kier molecular flexibility index (Phi) is 4.82. The van der Waals surface area contributed by atoms with E-state index in [4.69, 9.17) is 9.97 Å². The first-order chi connectivity index (χ1) is 19.8. The molecule has 0 unspecified atom stereocenters. The van der Waals surface area contributed by atoms with Gasteiger partial charge in [-0.25, -0.2) is 9.97 Å². The summed E-state index contributed by atoms with van der Waals surface area (Å²) in [6.45, 7) is 0. The topological polar surface area (TPSA) is 58.9 Å². The van der Waals surface area contributed by atoms with Gasteiger partial charge in [0, 0.05) is 22.0 Å². The fraction of sp³-hybridized carbons (Fsp3) is 0. The molecule has 0 atom stereocenters. The molecule has 8 rings (SSSR count). The van der Waals surface area contributed by atoms with E-state index < -0.39 is 0 Å². The molecule has 0 aliphatic carbocycles. The SMILES string of the molecule is N#Cc1ccc2c(c1)c1cc(-c3cc(-c4ccccc4)n4c(n3)nc3ccccc34)ccc1n2-c1ccccc1. The number of hydrogen-bond donors (Lipinski definition) is 0. The van der Waals surface area contributed by atoms with Crippen LogP contribution in [0.5, 0.6) is 0 Å². The molecule has 0 aliphatic rings. The van der Waals surface area contributed by atoms with Crippen LogP contribution in [0.2, 0.25) is 0 Å². The highest BCUT2D eigenvalue weighted by atomic mass is 15.1. The summed E-state index contributed by atoms with van der Waals surface area (Å²) in [6.07, 6.45) is 0. The summed E-state index contributed by atoms with van der Waals surface area (Å²) in [5.74, 6) is 0.663. The minimum Gasteiger partial charge on any atom is -0.309 e. The lowest BCUT2D eigenvalue weighted by atomic mass is 10.0. The Morgan fingerprint density at radius 2 is 1.27 bits per heavy atom. The first-order valence-corrected chi connectivity index (χ1v) is 13.2. The highest BCUT2D eigenvalue weighted by molar-refractivity contribution is 6.10. The first kappa shape index (κ1) is 22.3. The van der Waals surface area contributed by atoms with Crippen LogP contribution in [0.25, 0.3) is 66.8 Å². The molecule has 40 heavy (non-hydrogen) atoms. The Hall–Kier alpha value is -5.73. The van der Waals surface area contributed by atoms with Gasteiger partial charge in [-0.2, -0.15) is 5.26 Å². The summed E-state index contributed by atoms with van der Waals surface area (Å²) in [6, 6.07) is 45.7. The van der Waals surface area contributed by atoms with Gasteiger partial charge >= 0.3 is 0 Å². The quantitative estimate of drug-likeness (QED) is 0.240. The van der Waals surface area contributed by atoms with Crippen molar-refractivity contribution in [2.45, 2.75) is 0 Å². The predicted octanol–water partition coefficient (Wildman–Crippen LogP) is 8.19. The van der Waals surface area contributed by atoms with Gasteiger partial charge in [0.1, 0.15) is 0 Å². The molecule has 186 valence electrons. The van der Waals surface area contributed by atoms with Crippen molar-refractivity contribution in [3.63, 3.8) is 0 Å². The minimum atomic E-state index is 0.639. The third-order valence-corrected chi connectivity index (χ3v) is 7.55. The molecule has 0 saturated carbocycles. The second-order valence-electron chi connectivity index (χ2n) is 9.88. The monoisotopic (exact) mass is 511 g/mol. The van der Waals surface area contributed by atoms with Crippen LogP contribution in [0.15, 0.2) is 127 Å². The van der Waals surface area contributed by atoms with E-state index in [-0.39, 0.29) is 0 Å². The summed E-state index contributed by atoms with van der Waals surface area (Å²) >= 11 is 0. The second-order valence-corrected chi connectivity index (χ2v) is 9.88. The molecular weight excluding hydrogens is 490 g/mol. The molecule has 0 radical (unpaired) electrons. The molecular formula is C35H21N5. The van der Waals surface area contributed by atoms with Crippen LogP contribution in [0.4, 0.5) is 0 Å². The molecule has 0 spiro atoms. The van der Waals surface area contributed by atoms with Crippen molar-refractivity contribution in [1.29, 1.82) is 5.26 Å². The van der Waals surface area contributed by atoms with Crippen LogP contribution in [-0.4, -0.2) is 18.9 Å². The maximum Gasteiger partial charge on any atom is 0.235 e. The number of para-hydroxylation sites is 3. The zero-order chi connectivity index (χ0) is 26.6. The Labute approximate surface area is 229 Å². The first-order valence-electron chi connectivity index (χ1n) is 13.2. The Bertz CT molecular complexity index is 2270. The van der Waals surface area contributed by atoms with Gasteiger partial charge in [-0.05, 0) is 66.2 Å². The number of benzene rings is 5. The van der Waals surface area contributed by atoms with E-state index in [1.165, 1.54) is 0 Å². The van der Waals surface area contributed by atoms with E-state index in [1.807, 2.05) is 60.7 Å². The summed E-state index contributed by atoms with van der Waals surface area (Å²) < 4.78 is 4.39. The van der Waals surface area contributed by atoms with Crippen molar-refractivity contribution in [1.82, 2.24) is 18.9 Å². The van der Waals surface area contributed by atoms with Gasteiger partial charge in [0.05, 0.1) is 45.1 Å². The van der Waals surface area contributed by atoms with Crippen LogP contribution in [-0.2, 0) is 0 Å². The van der Waals surface area contributed by atoms with Crippen LogP contribution < -0.4 is 0 Å². The molecule has 5 heteroatoms. The van der Waals surface area contributed by atoms with Gasteiger partial charge in [0.2, 0.25) is 5.78 Å². The zero-order valence-corrected chi connectivity index (χ0v) is 21.4. The van der Waals surface area contributed by atoms with Gasteiger partial charge in [-0.1, -0.05) is 66.7 Å². The number of nitrogens with zero attached hydrogens (tertiary/aromatic N) is 5. The van der Waals surface area contributed by atoms with E-state index >= 15 is 0 Å². The zero-order valence-electron chi connectivity index (χ0n) is 21.4. The molecule has 0 saturated heterocycles. The van der Waals surface area contributed by atoms with E-state index in [0.717, 1.165) is 61.0 Å². The molecule has 8 aromatic rings. The highest BCUT2D eigenvalue weighted by Gasteiger charge is 2.17. The molecule has 3 heterocycles. The van der Waals surface area contributed by atoms with Gasteiger partial charge < -0.3 is 4.57 Å². The predicted molar refractivity (Wildman–Crippen MR) is 160 cm³/mol. The van der Waals surface area contributed by atoms with Crippen LogP contribution >= 0.6 is 0 Å². The maximum atomic E-state index is 9.65. The Morgan fingerprint density at radius 1 is 0.575 bits per heavy atom. The third kappa shape index (κ3) is 3.34. The van der Waals surface area contributed by atoms with E-state index in [1.54, 1.807) is 0 Å². The van der Waals surface area contributed by atoms with Crippen molar-refractivity contribution in [3.8, 4) is 34.3 Å². The number of nitriles is 1. The second kappa shape index (κ2) is 8.65. The summed E-state index contributed by atoms with van der Waals surface area (Å²) in [4.78, 5) is 9.93. The lowest BCUT2D eigenvalue weighted by Gasteiger charge is -2.11. The number of imidazole rings is 1. The van der Waals surface area contributed by atoms with Crippen LogP contribution in [0, 0.1) is 11.3 Å². The summed E-state index contributed by atoms with van der Waals surface area (Å²) in [5, 5.41) is 11.8. The fourth-order valence-electron chi connectivity index (χ4n) is 5.74. The standard InChI is InChI=1S/C35H21N5/c36-22-23-15-17-31-27(19-23)28-20-25(16-18-32(28)39(31)26-11-5-2-6-12-26)30-21-34(24-9-3-1-4-10-24)40-33-14-8-7-13-29(33)37-35(40)38-30/h1-21H. The van der Waals surface area contributed by atoms with Gasteiger partial charge in [0.15, 0.2) is 0 Å². The smallest absolute Gasteiger partial charge is 0.235 e. The lowest BCUT2D eigenvalue weighted by molar-refractivity contribution is 1.14. The molecule has 0 bridgehead atoms. The maximum absolute atomic E-state index is 9.65. The molecule has 0 N–H and O–H groups in total. The van der Waals surface area contributed by atoms with Crippen molar-refractivity contribution in [2.24, 2.45) is 0 Å². The Morgan fingerprint density at radius 3 is 2.08 bits per heavy atom. The highest BCUT2D eigenvalue weighted by Crippen LogP contribution is 2.36. The van der Waals surface area contributed by atoms with E-state index in [0.29, 0.717) is 11.3 Å². The molecule has 3 aromatic heterocycles. The average molecular weight is 512 g/mol. The lowest BCUT2D eigenvalue weighted by Crippen LogP contribution is -1.97. The molecule has 0 aliphatic heterocycles. The largest absolute Gasteiger partial charge is 0.309 e. The van der Waals surface area contributed by atoms with Crippen LogP contribution in [0.1, 0.15) is 5.56 Å². The molecule has 0 amide bonds. The number of aromatic nitrogens is 4. The molecule has 5 aromatic carbocycles. The van der Waals surface area contributed by atoms with Crippen molar-refractivity contribution >= 4 is 38.6 Å². The molecule has 5 nitrogen and oxygen atoms in total. The van der Waals surface area contributed by atoms with Crippen molar-refractivity contribution < 1.29 is 0 Å². The van der Waals surface area contributed by atoms with E-state index in [2.05, 4.69) is 81.8 Å². The number of rotatable bonds is 3. The third-order valence-electron chi connectivity index (χ3n) is 7.55. The Balaban J connectivity index is 1.42. The minimum absolute atomic E-state index is 0.639. The number of fused-ring (bicyclic) bond motifs is 6. The van der Waals surface area contributed by atoms with E-state index in [9.17, 15) is 5.26 Å².